The van der Waals surface area contributed by atoms with Crippen LogP contribution in [0.5, 0.6) is 5.75 Å². The summed E-state index contributed by atoms with van der Waals surface area (Å²) < 4.78 is 10.3. The van der Waals surface area contributed by atoms with Crippen molar-refractivity contribution in [1.29, 1.82) is 0 Å². The molecule has 0 aliphatic carbocycles. The SMILES string of the molecule is COC(=O)C1C(c2ccc(O)cc2)CCN1C(=O)OC(C)(C)C. The van der Waals surface area contributed by atoms with Gasteiger partial charge in [0, 0.05) is 12.5 Å². The minimum Gasteiger partial charge on any atom is -0.508 e. The number of phenols is 1. The number of benzene rings is 1. The molecule has 2 unspecified atom stereocenters. The highest BCUT2D eigenvalue weighted by molar-refractivity contribution is 5.83. The van der Waals surface area contributed by atoms with Gasteiger partial charge in [-0.15, -0.1) is 0 Å². The quantitative estimate of drug-likeness (QED) is 0.848. The largest absolute Gasteiger partial charge is 0.508 e. The highest BCUT2D eigenvalue weighted by atomic mass is 16.6. The molecule has 2 atom stereocenters. The van der Waals surface area contributed by atoms with E-state index in [4.69, 9.17) is 9.47 Å². The lowest BCUT2D eigenvalue weighted by Gasteiger charge is -2.29. The van der Waals surface area contributed by atoms with Crippen LogP contribution in [0.1, 0.15) is 38.7 Å². The van der Waals surface area contributed by atoms with Crippen molar-refractivity contribution in [2.24, 2.45) is 0 Å². The van der Waals surface area contributed by atoms with E-state index in [1.54, 1.807) is 45.0 Å². The molecule has 0 spiro atoms. The van der Waals surface area contributed by atoms with Gasteiger partial charge in [-0.1, -0.05) is 12.1 Å². The number of esters is 1. The van der Waals surface area contributed by atoms with E-state index in [9.17, 15) is 14.7 Å². The molecule has 1 aliphatic heterocycles. The van der Waals surface area contributed by atoms with E-state index in [1.807, 2.05) is 0 Å². The van der Waals surface area contributed by atoms with Crippen LogP contribution in [0.25, 0.3) is 0 Å². The molecule has 0 aromatic heterocycles. The normalized spacial score (nSPS) is 21.1. The van der Waals surface area contributed by atoms with Crippen LogP contribution in [0.3, 0.4) is 0 Å². The second kappa shape index (κ2) is 6.48. The summed E-state index contributed by atoms with van der Waals surface area (Å²) in [5.74, 6) is -0.493. The van der Waals surface area contributed by atoms with Crippen molar-refractivity contribution in [3.05, 3.63) is 29.8 Å². The van der Waals surface area contributed by atoms with E-state index in [-0.39, 0.29) is 11.7 Å². The third-order valence-corrected chi connectivity index (χ3v) is 3.79. The number of ether oxygens (including phenoxy) is 2. The maximum atomic E-state index is 12.4. The molecule has 1 aliphatic rings. The second-order valence-corrected chi connectivity index (χ2v) is 6.63. The van der Waals surface area contributed by atoms with Crippen molar-refractivity contribution in [3.63, 3.8) is 0 Å². The summed E-state index contributed by atoms with van der Waals surface area (Å²) in [7, 11) is 1.31. The van der Waals surface area contributed by atoms with E-state index in [1.165, 1.54) is 12.0 Å². The van der Waals surface area contributed by atoms with Gasteiger partial charge in [-0.25, -0.2) is 9.59 Å². The third-order valence-electron chi connectivity index (χ3n) is 3.79. The van der Waals surface area contributed by atoms with Crippen molar-refractivity contribution in [1.82, 2.24) is 4.90 Å². The predicted octanol–water partition coefficient (Wildman–Crippen LogP) is 2.66. The summed E-state index contributed by atoms with van der Waals surface area (Å²) in [6.45, 7) is 5.77. The van der Waals surface area contributed by atoms with Crippen molar-refractivity contribution in [3.8, 4) is 5.75 Å². The van der Waals surface area contributed by atoms with Gasteiger partial charge in [0.2, 0.25) is 0 Å². The second-order valence-electron chi connectivity index (χ2n) is 6.63. The first-order chi connectivity index (χ1) is 10.7. The molecule has 126 valence electrons. The molecule has 1 aromatic rings. The fourth-order valence-electron chi connectivity index (χ4n) is 2.80. The summed E-state index contributed by atoms with van der Waals surface area (Å²) in [6.07, 6.45) is 0.109. The first kappa shape index (κ1) is 17.1. The van der Waals surface area contributed by atoms with Gasteiger partial charge in [-0.2, -0.15) is 0 Å². The highest BCUT2D eigenvalue weighted by Crippen LogP contribution is 2.35. The van der Waals surface area contributed by atoms with E-state index in [2.05, 4.69) is 0 Å². The molecule has 2 rings (SSSR count). The minimum absolute atomic E-state index is 0.158. The smallest absolute Gasteiger partial charge is 0.411 e. The average Bonchev–Trinajstić information content (AvgIpc) is 2.90. The molecular formula is C17H23NO5. The van der Waals surface area contributed by atoms with Gasteiger partial charge in [0.25, 0.3) is 0 Å². The zero-order valence-corrected chi connectivity index (χ0v) is 13.9. The molecule has 1 amide bonds. The van der Waals surface area contributed by atoms with Gasteiger partial charge in [0.1, 0.15) is 17.4 Å². The number of rotatable bonds is 2. The number of nitrogens with zero attached hydrogens (tertiary/aromatic N) is 1. The predicted molar refractivity (Wildman–Crippen MR) is 84.2 cm³/mol. The van der Waals surface area contributed by atoms with Gasteiger partial charge in [-0.05, 0) is 44.9 Å². The Morgan fingerprint density at radius 2 is 1.83 bits per heavy atom. The molecule has 0 radical (unpaired) electrons. The number of amides is 1. The van der Waals surface area contributed by atoms with E-state index >= 15 is 0 Å². The van der Waals surface area contributed by atoms with Gasteiger partial charge in [0.05, 0.1) is 7.11 Å². The molecule has 1 fully saturated rings. The molecule has 0 bridgehead atoms. The van der Waals surface area contributed by atoms with Crippen LogP contribution in [-0.4, -0.2) is 47.4 Å². The average molecular weight is 321 g/mol. The van der Waals surface area contributed by atoms with Gasteiger partial charge < -0.3 is 14.6 Å². The van der Waals surface area contributed by atoms with Crippen LogP contribution in [0.2, 0.25) is 0 Å². The fourth-order valence-corrected chi connectivity index (χ4v) is 2.80. The highest BCUT2D eigenvalue weighted by Gasteiger charge is 2.44. The Bertz CT molecular complexity index is 576. The molecule has 1 heterocycles. The molecule has 6 heteroatoms. The first-order valence-corrected chi connectivity index (χ1v) is 7.59. The maximum absolute atomic E-state index is 12.4. The monoisotopic (exact) mass is 321 g/mol. The van der Waals surface area contributed by atoms with Gasteiger partial charge in [0.15, 0.2) is 0 Å². The summed E-state index contributed by atoms with van der Waals surface area (Å²) in [4.78, 5) is 26.0. The lowest BCUT2D eigenvalue weighted by atomic mass is 9.91. The van der Waals surface area contributed by atoms with Crippen molar-refractivity contribution >= 4 is 12.1 Å². The number of hydrogen-bond acceptors (Lipinski definition) is 5. The summed E-state index contributed by atoms with van der Waals surface area (Å²) in [5, 5.41) is 9.41. The molecule has 0 saturated carbocycles. The Morgan fingerprint density at radius 3 is 2.35 bits per heavy atom. The van der Waals surface area contributed by atoms with Crippen LogP contribution in [-0.2, 0) is 14.3 Å². The number of methoxy groups -OCH3 is 1. The Labute approximate surface area is 136 Å². The number of likely N-dealkylation sites (tertiary alicyclic amines) is 1. The molecular weight excluding hydrogens is 298 g/mol. The number of carbonyl (C=O) groups excluding carboxylic acids is 2. The van der Waals surface area contributed by atoms with E-state index in [0.717, 1.165) is 5.56 Å². The Hall–Kier alpha value is -2.24. The van der Waals surface area contributed by atoms with Crippen LogP contribution >= 0.6 is 0 Å². The summed E-state index contributed by atoms with van der Waals surface area (Å²) >= 11 is 0. The zero-order valence-electron chi connectivity index (χ0n) is 13.9. The topological polar surface area (TPSA) is 76.1 Å². The Kier molecular flexibility index (Phi) is 4.82. The lowest BCUT2D eigenvalue weighted by Crippen LogP contribution is -2.45. The zero-order chi connectivity index (χ0) is 17.2. The molecule has 23 heavy (non-hydrogen) atoms. The number of carbonyl (C=O) groups is 2. The molecule has 1 N–H and O–H groups in total. The number of hydrogen-bond donors (Lipinski definition) is 1. The van der Waals surface area contributed by atoms with Gasteiger partial charge in [-0.3, -0.25) is 4.90 Å². The number of aromatic hydroxyl groups is 1. The minimum atomic E-state index is -0.723. The summed E-state index contributed by atoms with van der Waals surface area (Å²) in [6, 6.07) is 5.93. The van der Waals surface area contributed by atoms with Crippen molar-refractivity contribution in [2.45, 2.75) is 44.8 Å². The summed E-state index contributed by atoms with van der Waals surface area (Å²) in [5.41, 5.74) is 0.248. The fraction of sp³-hybridized carbons (Fsp3) is 0.529. The maximum Gasteiger partial charge on any atom is 0.411 e. The van der Waals surface area contributed by atoms with E-state index < -0.39 is 23.7 Å². The van der Waals surface area contributed by atoms with Crippen LogP contribution in [0, 0.1) is 0 Å². The third kappa shape index (κ3) is 3.94. The van der Waals surface area contributed by atoms with E-state index in [0.29, 0.717) is 13.0 Å². The van der Waals surface area contributed by atoms with Crippen LogP contribution < -0.4 is 0 Å². The van der Waals surface area contributed by atoms with Gasteiger partial charge >= 0.3 is 12.1 Å². The Morgan fingerprint density at radius 1 is 1.22 bits per heavy atom. The number of phenolic OH excluding ortho intramolecular Hbond substituents is 1. The molecule has 1 aromatic carbocycles. The van der Waals surface area contributed by atoms with Crippen LogP contribution in [0.4, 0.5) is 4.79 Å². The van der Waals surface area contributed by atoms with Crippen molar-refractivity contribution in [2.75, 3.05) is 13.7 Å². The Balaban J connectivity index is 2.26. The standard InChI is InChI=1S/C17H23NO5/c1-17(2,3)23-16(21)18-10-9-13(14(18)15(20)22-4)11-5-7-12(19)8-6-11/h5-8,13-14,19H,9-10H2,1-4H3. The molecule has 1 saturated heterocycles. The first-order valence-electron chi connectivity index (χ1n) is 7.59. The van der Waals surface area contributed by atoms with Crippen LogP contribution in [0.15, 0.2) is 24.3 Å². The lowest BCUT2D eigenvalue weighted by molar-refractivity contribution is -0.146. The van der Waals surface area contributed by atoms with Crippen molar-refractivity contribution < 1.29 is 24.2 Å². The molecule has 6 nitrogen and oxygen atoms in total.